The lowest BCUT2D eigenvalue weighted by Gasteiger charge is -2.41. The van der Waals surface area contributed by atoms with Crippen LogP contribution in [0.1, 0.15) is 32.6 Å². The van der Waals surface area contributed by atoms with E-state index in [2.05, 4.69) is 5.32 Å². The van der Waals surface area contributed by atoms with Gasteiger partial charge in [0.2, 0.25) is 0 Å². The second-order valence-corrected chi connectivity index (χ2v) is 10.8. The Kier molecular flexibility index (Phi) is 7.41. The number of rotatable bonds is 9. The molecule has 28 heavy (non-hydrogen) atoms. The summed E-state index contributed by atoms with van der Waals surface area (Å²) in [5.74, 6) is 0.234. The van der Waals surface area contributed by atoms with E-state index in [-0.39, 0.29) is 24.2 Å². The zero-order valence-corrected chi connectivity index (χ0v) is 17.6. The fourth-order valence-corrected chi connectivity index (χ4v) is 6.47. The van der Waals surface area contributed by atoms with E-state index in [1.165, 1.54) is 4.31 Å². The van der Waals surface area contributed by atoms with Gasteiger partial charge in [-0.2, -0.15) is 17.0 Å². The molecule has 3 atom stereocenters. The lowest BCUT2D eigenvalue weighted by molar-refractivity contribution is 0.0411. The Labute approximate surface area is 168 Å². The molecule has 0 aromatic heterocycles. The van der Waals surface area contributed by atoms with Gasteiger partial charge in [0.1, 0.15) is 0 Å². The highest BCUT2D eigenvalue weighted by Crippen LogP contribution is 2.33. The van der Waals surface area contributed by atoms with Gasteiger partial charge in [-0.05, 0) is 44.3 Å². The van der Waals surface area contributed by atoms with Crippen molar-refractivity contribution in [2.24, 2.45) is 17.6 Å². The van der Waals surface area contributed by atoms with Crippen molar-refractivity contribution in [2.75, 3.05) is 45.9 Å². The molecule has 3 heterocycles. The van der Waals surface area contributed by atoms with Crippen LogP contribution in [0.25, 0.3) is 0 Å². The van der Waals surface area contributed by atoms with Gasteiger partial charge in [0.05, 0.1) is 12.6 Å². The van der Waals surface area contributed by atoms with Gasteiger partial charge in [-0.15, -0.1) is 0 Å². The second-order valence-electron chi connectivity index (χ2n) is 8.88. The fraction of sp³-hybridized carbons (Fsp3) is 1.00. The molecule has 3 fully saturated rings. The number of nitrogens with zero attached hydrogens (tertiary/aromatic N) is 2. The predicted molar refractivity (Wildman–Crippen MR) is 108 cm³/mol. The molecular weight excluding hydrogens is 383 g/mol. The highest BCUT2D eigenvalue weighted by Gasteiger charge is 2.48. The highest BCUT2D eigenvalue weighted by molar-refractivity contribution is 7.86. The number of nitrogens with one attached hydrogen (secondary N) is 1. The van der Waals surface area contributed by atoms with Crippen molar-refractivity contribution < 1.29 is 23.2 Å². The van der Waals surface area contributed by atoms with Crippen LogP contribution in [0.5, 0.6) is 0 Å². The van der Waals surface area contributed by atoms with E-state index in [0.717, 1.165) is 19.4 Å². The van der Waals surface area contributed by atoms with Gasteiger partial charge in [0.15, 0.2) is 0 Å². The molecule has 9 nitrogen and oxygen atoms in total. The molecule has 3 rings (SSSR count). The first kappa shape index (κ1) is 22.4. The third-order valence-corrected chi connectivity index (χ3v) is 8.34. The average molecular weight is 418 g/mol. The second kappa shape index (κ2) is 9.26. The van der Waals surface area contributed by atoms with Gasteiger partial charge in [-0.25, -0.2) is 0 Å². The monoisotopic (exact) mass is 418 g/mol. The van der Waals surface area contributed by atoms with Gasteiger partial charge in [0.25, 0.3) is 10.2 Å². The molecule has 0 bridgehead atoms. The van der Waals surface area contributed by atoms with Crippen molar-refractivity contribution in [1.29, 1.82) is 0 Å². The van der Waals surface area contributed by atoms with Crippen molar-refractivity contribution in [3.05, 3.63) is 0 Å². The molecule has 3 aliphatic rings. The molecule has 0 aliphatic carbocycles. The number of hydrogen-bond donors (Lipinski definition) is 4. The van der Waals surface area contributed by atoms with E-state index in [1.54, 1.807) is 4.31 Å². The summed E-state index contributed by atoms with van der Waals surface area (Å²) in [6.45, 7) is 5.80. The van der Waals surface area contributed by atoms with Crippen molar-refractivity contribution in [3.63, 3.8) is 0 Å². The largest absolute Gasteiger partial charge is 0.451 e. The minimum atomic E-state index is -3.61. The average Bonchev–Trinajstić information content (AvgIpc) is 2.89. The van der Waals surface area contributed by atoms with E-state index in [9.17, 15) is 8.42 Å². The summed E-state index contributed by atoms with van der Waals surface area (Å²) in [7, 11) is -4.94. The first-order valence-corrected chi connectivity index (χ1v) is 11.8. The Balaban J connectivity index is 1.68. The fourth-order valence-electron chi connectivity index (χ4n) is 4.43. The molecule has 0 spiro atoms. The summed E-state index contributed by atoms with van der Waals surface area (Å²) in [6, 6.07) is -0.0143. The maximum Gasteiger partial charge on any atom is 0.451 e. The Hall–Kier alpha value is -0.265. The SMILES string of the molecule is C[C@]1(N)CN(S(=O)(=O)N(CC2CCCOC2)C2CNC2)C[C@@H]1CCCB(O)O. The molecule has 5 N–H and O–H groups in total. The molecule has 0 amide bonds. The van der Waals surface area contributed by atoms with Crippen LogP contribution in [0.2, 0.25) is 6.32 Å². The molecule has 3 aliphatic heterocycles. The highest BCUT2D eigenvalue weighted by atomic mass is 32.2. The third-order valence-electron chi connectivity index (χ3n) is 6.37. The first-order valence-electron chi connectivity index (χ1n) is 10.4. The van der Waals surface area contributed by atoms with Crippen LogP contribution in [-0.4, -0.2) is 91.7 Å². The minimum absolute atomic E-state index is 0.000374. The molecule has 0 saturated carbocycles. The molecule has 0 aromatic carbocycles. The molecule has 0 aromatic rings. The van der Waals surface area contributed by atoms with Gasteiger partial charge < -0.3 is 25.8 Å². The summed E-state index contributed by atoms with van der Waals surface area (Å²) in [5, 5.41) is 21.3. The number of ether oxygens (including phenoxy) is 1. The molecule has 11 heteroatoms. The summed E-state index contributed by atoms with van der Waals surface area (Å²) in [5.41, 5.74) is 5.83. The van der Waals surface area contributed by atoms with Crippen LogP contribution in [0.15, 0.2) is 0 Å². The van der Waals surface area contributed by atoms with Crippen LogP contribution in [0.3, 0.4) is 0 Å². The standard InChI is InChI=1S/C17H35BN4O5S/c1-17(19)13-21(11-15(17)5-2-6-18(23)24)28(25,26)22(16-8-20-9-16)10-14-4-3-7-27-12-14/h14-16,20,23-24H,2-13,19H2,1H3/t14?,15-,17-/m0/s1. The van der Waals surface area contributed by atoms with Crippen molar-refractivity contribution >= 4 is 17.3 Å². The van der Waals surface area contributed by atoms with Crippen LogP contribution >= 0.6 is 0 Å². The van der Waals surface area contributed by atoms with Gasteiger partial charge >= 0.3 is 7.12 Å². The van der Waals surface area contributed by atoms with E-state index in [0.29, 0.717) is 52.2 Å². The van der Waals surface area contributed by atoms with Crippen LogP contribution in [-0.2, 0) is 14.9 Å². The Morgan fingerprint density at radius 1 is 1.39 bits per heavy atom. The summed E-state index contributed by atoms with van der Waals surface area (Å²) >= 11 is 0. The number of nitrogens with two attached hydrogens (primary N) is 1. The normalized spacial score (nSPS) is 32.6. The summed E-state index contributed by atoms with van der Waals surface area (Å²) in [6.07, 6.45) is 3.54. The van der Waals surface area contributed by atoms with E-state index >= 15 is 0 Å². The lowest BCUT2D eigenvalue weighted by atomic mass is 9.79. The topological polar surface area (TPSA) is 128 Å². The maximum atomic E-state index is 13.5. The molecule has 162 valence electrons. The molecular formula is C17H35BN4O5S. The summed E-state index contributed by atoms with van der Waals surface area (Å²) in [4.78, 5) is 0. The minimum Gasteiger partial charge on any atom is -0.427 e. The van der Waals surface area contributed by atoms with E-state index in [4.69, 9.17) is 20.5 Å². The third kappa shape index (κ3) is 5.26. The lowest BCUT2D eigenvalue weighted by Crippen LogP contribution is -2.62. The quantitative estimate of drug-likeness (QED) is 0.348. The van der Waals surface area contributed by atoms with Crippen LogP contribution in [0.4, 0.5) is 0 Å². The molecule has 1 unspecified atom stereocenters. The van der Waals surface area contributed by atoms with Crippen molar-refractivity contribution in [1.82, 2.24) is 13.9 Å². The van der Waals surface area contributed by atoms with Crippen molar-refractivity contribution in [3.8, 4) is 0 Å². The van der Waals surface area contributed by atoms with E-state index in [1.807, 2.05) is 6.92 Å². The zero-order valence-electron chi connectivity index (χ0n) is 16.8. The van der Waals surface area contributed by atoms with Gasteiger partial charge in [-0.3, -0.25) is 0 Å². The van der Waals surface area contributed by atoms with E-state index < -0.39 is 22.9 Å². The first-order chi connectivity index (χ1) is 13.2. The van der Waals surface area contributed by atoms with Gasteiger partial charge in [-0.1, -0.05) is 6.42 Å². The van der Waals surface area contributed by atoms with Gasteiger partial charge in [0, 0.05) is 44.9 Å². The molecule has 3 saturated heterocycles. The predicted octanol–water partition coefficient (Wildman–Crippen LogP) is -1.17. The zero-order chi connectivity index (χ0) is 20.4. The Morgan fingerprint density at radius 2 is 2.14 bits per heavy atom. The van der Waals surface area contributed by atoms with Crippen LogP contribution < -0.4 is 11.1 Å². The maximum absolute atomic E-state index is 13.5. The molecule has 0 radical (unpaired) electrons. The number of hydrogen-bond acceptors (Lipinski definition) is 7. The smallest absolute Gasteiger partial charge is 0.427 e. The Bertz CT molecular complexity index is 611. The summed E-state index contributed by atoms with van der Waals surface area (Å²) < 4.78 is 35.8. The van der Waals surface area contributed by atoms with Crippen molar-refractivity contribution in [2.45, 2.75) is 50.5 Å². The Morgan fingerprint density at radius 3 is 2.71 bits per heavy atom. The van der Waals surface area contributed by atoms with Crippen LogP contribution in [0, 0.1) is 11.8 Å².